The predicted molar refractivity (Wildman–Crippen MR) is 170 cm³/mol. The molecule has 1 N–H and O–H groups in total. The number of thioether (sulfide) groups is 1. The highest BCUT2D eigenvalue weighted by atomic mass is 79.9. The first kappa shape index (κ1) is 30.4. The van der Waals surface area contributed by atoms with Crippen molar-refractivity contribution in [2.45, 2.75) is 47.4 Å². The zero-order valence-electron chi connectivity index (χ0n) is 23.1. The summed E-state index contributed by atoms with van der Waals surface area (Å²) in [4.78, 5) is 4.40. The Balaban J connectivity index is 1.57. The van der Waals surface area contributed by atoms with Gasteiger partial charge in [0.05, 0.1) is 14.4 Å². The Morgan fingerprint density at radius 1 is 0.738 bits per heavy atom. The molecule has 0 amide bonds. The molecule has 2 aromatic heterocycles. The van der Waals surface area contributed by atoms with Crippen LogP contribution in [0, 0.1) is 13.8 Å². The lowest BCUT2D eigenvalue weighted by molar-refractivity contribution is 0.400. The summed E-state index contributed by atoms with van der Waals surface area (Å²) >= 11 is 5.04. The quantitative estimate of drug-likeness (QED) is 0.150. The number of rotatable bonds is 11. The van der Waals surface area contributed by atoms with Gasteiger partial charge in [0.15, 0.2) is 0 Å². The number of nitrogens with one attached hydrogen (secondary N) is 1. The van der Waals surface area contributed by atoms with Crippen LogP contribution < -0.4 is 0 Å². The molecule has 0 spiro atoms. The molecule has 7 nitrogen and oxygen atoms in total. The molecule has 218 valence electrons. The number of benzene rings is 3. The van der Waals surface area contributed by atoms with Crippen molar-refractivity contribution in [2.75, 3.05) is 0 Å². The van der Waals surface area contributed by atoms with Crippen LogP contribution in [-0.2, 0) is 38.9 Å². The van der Waals surface area contributed by atoms with Crippen LogP contribution >= 0.6 is 27.7 Å². The van der Waals surface area contributed by atoms with Crippen molar-refractivity contribution in [1.29, 1.82) is 0 Å². The smallest absolute Gasteiger partial charge is 0.267 e. The van der Waals surface area contributed by atoms with Gasteiger partial charge in [0.2, 0.25) is 10.0 Å². The second kappa shape index (κ2) is 12.6. The zero-order chi connectivity index (χ0) is 29.9. The van der Waals surface area contributed by atoms with Crippen LogP contribution in [0.4, 0.5) is 0 Å². The van der Waals surface area contributed by atoms with E-state index in [1.807, 2.05) is 50.2 Å². The summed E-state index contributed by atoms with van der Waals surface area (Å²) in [6, 6.07) is 25.0. The summed E-state index contributed by atoms with van der Waals surface area (Å²) in [5.74, 6) is 0.460. The molecule has 0 atom stereocenters. The molecule has 0 aliphatic rings. The van der Waals surface area contributed by atoms with Crippen molar-refractivity contribution in [2.24, 2.45) is 0 Å². The first-order valence-corrected chi connectivity index (χ1v) is 17.8. The Morgan fingerprint density at radius 3 is 1.90 bits per heavy atom. The number of aromatic amines is 1. The van der Waals surface area contributed by atoms with Crippen LogP contribution in [0.1, 0.15) is 27.8 Å². The SMILES string of the molecule is Cc1ccc(S(=O)(=O)N(Cc2cn(S(=O)(=O)c3ccc(C)cc3)cc2CSc2ccccc2)Cc2cc[nH]c2Br)cc1. The van der Waals surface area contributed by atoms with E-state index in [1.165, 1.54) is 8.28 Å². The molecule has 3 aromatic carbocycles. The molecule has 0 aliphatic heterocycles. The Kier molecular flexibility index (Phi) is 9.14. The van der Waals surface area contributed by atoms with Gasteiger partial charge < -0.3 is 4.98 Å². The number of sulfonamides is 1. The van der Waals surface area contributed by atoms with E-state index in [0.29, 0.717) is 15.9 Å². The lowest BCUT2D eigenvalue weighted by Crippen LogP contribution is -2.30. The van der Waals surface area contributed by atoms with Gasteiger partial charge in [0, 0.05) is 42.3 Å². The van der Waals surface area contributed by atoms with Gasteiger partial charge in [-0.05, 0) is 88.9 Å². The van der Waals surface area contributed by atoms with Crippen molar-refractivity contribution in [3.63, 3.8) is 0 Å². The summed E-state index contributed by atoms with van der Waals surface area (Å²) in [5.41, 5.74) is 4.01. The summed E-state index contributed by atoms with van der Waals surface area (Å²) < 4.78 is 58.6. The molecule has 5 aromatic rings. The number of aromatic nitrogens is 2. The zero-order valence-corrected chi connectivity index (χ0v) is 27.1. The van der Waals surface area contributed by atoms with Gasteiger partial charge in [-0.1, -0.05) is 53.6 Å². The van der Waals surface area contributed by atoms with E-state index in [9.17, 15) is 16.8 Å². The van der Waals surface area contributed by atoms with Crippen LogP contribution in [0.3, 0.4) is 0 Å². The number of hydrogen-bond donors (Lipinski definition) is 1. The highest BCUT2D eigenvalue weighted by Crippen LogP contribution is 2.30. The molecule has 0 unspecified atom stereocenters. The number of halogens is 1. The van der Waals surface area contributed by atoms with Gasteiger partial charge in [0.25, 0.3) is 10.0 Å². The van der Waals surface area contributed by atoms with Crippen molar-refractivity contribution in [3.05, 3.63) is 136 Å². The molecule has 0 aliphatic carbocycles. The molecular formula is C31H30BrN3O4S3. The van der Waals surface area contributed by atoms with Crippen LogP contribution in [0.15, 0.2) is 123 Å². The van der Waals surface area contributed by atoms with Crippen molar-refractivity contribution in [3.8, 4) is 0 Å². The minimum atomic E-state index is -3.94. The molecule has 0 fully saturated rings. The number of hydrogen-bond acceptors (Lipinski definition) is 5. The maximum absolute atomic E-state index is 14.0. The second-order valence-corrected chi connectivity index (χ2v) is 15.6. The summed E-state index contributed by atoms with van der Waals surface area (Å²) in [5, 5.41) is 0. The third-order valence-corrected chi connectivity index (χ3v) is 12.1. The van der Waals surface area contributed by atoms with E-state index in [4.69, 9.17) is 0 Å². The van der Waals surface area contributed by atoms with Gasteiger partial charge in [0.1, 0.15) is 0 Å². The lowest BCUT2D eigenvalue weighted by atomic mass is 10.2. The molecule has 0 radical (unpaired) electrons. The fourth-order valence-corrected chi connectivity index (χ4v) is 8.37. The Morgan fingerprint density at radius 2 is 1.31 bits per heavy atom. The number of aryl methyl sites for hydroxylation is 2. The molecule has 11 heteroatoms. The Hall–Kier alpha value is -3.09. The monoisotopic (exact) mass is 683 g/mol. The lowest BCUT2D eigenvalue weighted by Gasteiger charge is -2.22. The van der Waals surface area contributed by atoms with Gasteiger partial charge in [-0.3, -0.25) is 0 Å². The molecule has 0 saturated heterocycles. The molecule has 2 heterocycles. The third-order valence-electron chi connectivity index (χ3n) is 6.84. The van der Waals surface area contributed by atoms with Crippen LogP contribution in [0.2, 0.25) is 0 Å². The second-order valence-electron chi connectivity index (χ2n) is 9.96. The minimum Gasteiger partial charge on any atom is -0.356 e. The first-order chi connectivity index (χ1) is 20.0. The number of nitrogens with zero attached hydrogens (tertiary/aromatic N) is 2. The van der Waals surface area contributed by atoms with E-state index >= 15 is 0 Å². The van der Waals surface area contributed by atoms with Crippen molar-refractivity contribution in [1.82, 2.24) is 13.3 Å². The average Bonchev–Trinajstić information content (AvgIpc) is 3.58. The highest BCUT2D eigenvalue weighted by Gasteiger charge is 2.28. The van der Waals surface area contributed by atoms with Crippen LogP contribution in [-0.4, -0.2) is 30.1 Å². The number of H-pyrrole nitrogens is 1. The molecule has 5 rings (SSSR count). The predicted octanol–water partition coefficient (Wildman–Crippen LogP) is 7.12. The first-order valence-electron chi connectivity index (χ1n) is 13.1. The van der Waals surface area contributed by atoms with Gasteiger partial charge >= 0.3 is 0 Å². The van der Waals surface area contributed by atoms with Gasteiger partial charge in [-0.2, -0.15) is 4.31 Å². The molecular weight excluding hydrogens is 654 g/mol. The van der Waals surface area contributed by atoms with Gasteiger partial charge in [-0.15, -0.1) is 11.8 Å². The van der Waals surface area contributed by atoms with Crippen molar-refractivity contribution >= 4 is 47.7 Å². The van der Waals surface area contributed by atoms with E-state index in [0.717, 1.165) is 27.1 Å². The van der Waals surface area contributed by atoms with Crippen LogP contribution in [0.25, 0.3) is 0 Å². The standard InChI is InChI=1S/C31H30BrN3O4S3/c1-23-8-12-29(13-9-23)41(36,37)34(18-25-16-17-33-31(25)32)19-26-20-35(42(38,39)30-14-10-24(2)11-15-30)21-27(26)22-40-28-6-4-3-5-7-28/h3-17,20-21,33H,18-19,22H2,1-2H3. The normalized spacial score (nSPS) is 12.2. The molecule has 0 bridgehead atoms. The largest absolute Gasteiger partial charge is 0.356 e. The average molecular weight is 685 g/mol. The fraction of sp³-hybridized carbons (Fsp3) is 0.161. The molecule has 0 saturated carbocycles. The van der Waals surface area contributed by atoms with Gasteiger partial charge in [-0.25, -0.2) is 20.8 Å². The summed E-state index contributed by atoms with van der Waals surface area (Å²) in [6.07, 6.45) is 4.88. The third kappa shape index (κ3) is 6.76. The van der Waals surface area contributed by atoms with Crippen LogP contribution in [0.5, 0.6) is 0 Å². The fourth-order valence-electron chi connectivity index (χ4n) is 4.40. The summed E-state index contributed by atoms with van der Waals surface area (Å²) in [7, 11) is -7.84. The maximum atomic E-state index is 14.0. The van der Waals surface area contributed by atoms with E-state index < -0.39 is 20.0 Å². The Labute approximate surface area is 259 Å². The maximum Gasteiger partial charge on any atom is 0.267 e. The topological polar surface area (TPSA) is 92.2 Å². The molecule has 42 heavy (non-hydrogen) atoms. The van der Waals surface area contributed by atoms with Crippen molar-refractivity contribution < 1.29 is 16.8 Å². The summed E-state index contributed by atoms with van der Waals surface area (Å²) in [6.45, 7) is 3.87. The van der Waals surface area contributed by atoms with E-state index in [2.05, 4.69) is 20.9 Å². The Bertz CT molecular complexity index is 1880. The minimum absolute atomic E-state index is 0.0189. The van der Waals surface area contributed by atoms with E-state index in [-0.39, 0.29) is 22.9 Å². The highest BCUT2D eigenvalue weighted by molar-refractivity contribution is 9.10. The van der Waals surface area contributed by atoms with E-state index in [1.54, 1.807) is 78.9 Å².